The molecular formula is C28H22ClN5O2S. The number of rotatable bonds is 5. The molecule has 0 amide bonds. The van der Waals surface area contributed by atoms with Gasteiger partial charge in [-0.3, -0.25) is 14.3 Å². The molecule has 0 spiro atoms. The minimum atomic E-state index is -0.217. The second-order valence-electron chi connectivity index (χ2n) is 8.94. The number of nitrogens with zero attached hydrogens (tertiary/aromatic N) is 5. The lowest BCUT2D eigenvalue weighted by Crippen LogP contribution is -2.24. The van der Waals surface area contributed by atoms with E-state index in [4.69, 9.17) is 16.6 Å². The zero-order valence-electron chi connectivity index (χ0n) is 20.2. The van der Waals surface area contributed by atoms with Crippen LogP contribution in [0.15, 0.2) is 82.4 Å². The molecule has 6 aromatic rings. The van der Waals surface area contributed by atoms with E-state index < -0.39 is 0 Å². The Labute approximate surface area is 220 Å². The molecule has 0 radical (unpaired) electrons. The first-order valence-electron chi connectivity index (χ1n) is 11.8. The molecule has 4 aromatic heterocycles. The van der Waals surface area contributed by atoms with Crippen molar-refractivity contribution in [1.82, 2.24) is 23.9 Å². The molecule has 0 N–H and O–H groups in total. The van der Waals surface area contributed by atoms with Gasteiger partial charge in [0, 0.05) is 11.8 Å². The number of fused-ring (bicyclic) bond motifs is 2. The van der Waals surface area contributed by atoms with E-state index in [2.05, 4.69) is 4.98 Å². The molecule has 0 unspecified atom stereocenters. The van der Waals surface area contributed by atoms with Gasteiger partial charge in [0.15, 0.2) is 0 Å². The lowest BCUT2D eigenvalue weighted by atomic mass is 10.2. The Morgan fingerprint density at radius 1 is 0.892 bits per heavy atom. The van der Waals surface area contributed by atoms with Crippen molar-refractivity contribution in [2.45, 2.75) is 26.9 Å². The van der Waals surface area contributed by atoms with Crippen molar-refractivity contribution in [2.75, 3.05) is 0 Å². The molecule has 0 fully saturated rings. The molecule has 37 heavy (non-hydrogen) atoms. The molecule has 4 heterocycles. The van der Waals surface area contributed by atoms with Crippen molar-refractivity contribution >= 4 is 44.1 Å². The highest BCUT2D eigenvalue weighted by Crippen LogP contribution is 2.28. The van der Waals surface area contributed by atoms with Crippen molar-refractivity contribution < 1.29 is 0 Å². The summed E-state index contributed by atoms with van der Waals surface area (Å²) < 4.78 is 6.04. The fraction of sp³-hybridized carbons (Fsp3) is 0.143. The second-order valence-corrected chi connectivity index (χ2v) is 10.3. The summed E-state index contributed by atoms with van der Waals surface area (Å²) in [5, 5.41) is 1.40. The summed E-state index contributed by atoms with van der Waals surface area (Å²) in [7, 11) is 0. The Balaban J connectivity index is 1.62. The van der Waals surface area contributed by atoms with Gasteiger partial charge < -0.3 is 4.57 Å². The second kappa shape index (κ2) is 9.14. The van der Waals surface area contributed by atoms with E-state index in [9.17, 15) is 9.59 Å². The third-order valence-corrected chi connectivity index (χ3v) is 7.74. The normalized spacial score (nSPS) is 11.5. The molecule has 9 heteroatoms. The first-order chi connectivity index (χ1) is 17.9. The molecule has 0 atom stereocenters. The van der Waals surface area contributed by atoms with Crippen LogP contribution in [-0.2, 0) is 13.1 Å². The van der Waals surface area contributed by atoms with Gasteiger partial charge in [0.1, 0.15) is 5.15 Å². The maximum absolute atomic E-state index is 14.0. The summed E-state index contributed by atoms with van der Waals surface area (Å²) in [6.07, 6.45) is 0. The van der Waals surface area contributed by atoms with Crippen LogP contribution >= 0.6 is 22.9 Å². The number of para-hydroxylation sites is 1. The van der Waals surface area contributed by atoms with Crippen LogP contribution in [0.4, 0.5) is 0 Å². The average Bonchev–Trinajstić information content (AvgIpc) is 3.42. The first-order valence-corrected chi connectivity index (χ1v) is 13.0. The van der Waals surface area contributed by atoms with Crippen LogP contribution in [0.3, 0.4) is 0 Å². The average molecular weight is 528 g/mol. The lowest BCUT2D eigenvalue weighted by Gasteiger charge is -2.12. The first kappa shape index (κ1) is 23.4. The predicted octanol–water partition coefficient (Wildman–Crippen LogP) is 5.33. The molecule has 6 rings (SSSR count). The Hall–Kier alpha value is -4.01. The van der Waals surface area contributed by atoms with Gasteiger partial charge in [0.2, 0.25) is 5.13 Å². The van der Waals surface area contributed by atoms with E-state index in [-0.39, 0.29) is 17.7 Å². The molecule has 0 saturated carbocycles. The fourth-order valence-electron chi connectivity index (χ4n) is 4.71. The smallest absolute Gasteiger partial charge is 0.283 e. The van der Waals surface area contributed by atoms with E-state index in [1.165, 1.54) is 17.4 Å². The molecule has 0 bridgehead atoms. The summed E-state index contributed by atoms with van der Waals surface area (Å²) in [5.41, 5.74) is 4.28. The third-order valence-electron chi connectivity index (χ3n) is 6.53. The molecular weight excluding hydrogens is 506 g/mol. The van der Waals surface area contributed by atoms with Crippen molar-refractivity contribution in [2.24, 2.45) is 0 Å². The van der Waals surface area contributed by atoms with Gasteiger partial charge >= 0.3 is 0 Å². The SMILES string of the molecule is Cc1cccc2sc(-n3c(=O)c4c(C)n(Cc5cccc(Cl)n5)c(=O)cc4n3Cc3ccccc3)nc12. The summed E-state index contributed by atoms with van der Waals surface area (Å²) in [4.78, 5) is 36.6. The van der Waals surface area contributed by atoms with Crippen LogP contribution < -0.4 is 11.1 Å². The number of aryl methyl sites for hydroxylation is 2. The number of pyridine rings is 2. The largest absolute Gasteiger partial charge is 0.306 e. The van der Waals surface area contributed by atoms with Crippen LogP contribution in [0.2, 0.25) is 5.15 Å². The van der Waals surface area contributed by atoms with E-state index in [1.807, 2.05) is 66.2 Å². The number of halogens is 1. The molecule has 7 nitrogen and oxygen atoms in total. The van der Waals surface area contributed by atoms with Crippen molar-refractivity contribution in [1.29, 1.82) is 0 Å². The summed E-state index contributed by atoms with van der Waals surface area (Å²) in [5.74, 6) is 0. The predicted molar refractivity (Wildman–Crippen MR) is 148 cm³/mol. The van der Waals surface area contributed by atoms with Gasteiger partial charge in [-0.25, -0.2) is 9.97 Å². The van der Waals surface area contributed by atoms with Gasteiger partial charge in [0.05, 0.1) is 39.9 Å². The maximum Gasteiger partial charge on any atom is 0.283 e. The summed E-state index contributed by atoms with van der Waals surface area (Å²) in [6.45, 7) is 4.43. The third kappa shape index (κ3) is 4.08. The minimum absolute atomic E-state index is 0.213. The van der Waals surface area contributed by atoms with Crippen LogP contribution in [0.5, 0.6) is 0 Å². The Morgan fingerprint density at radius 3 is 2.43 bits per heavy atom. The van der Waals surface area contributed by atoms with Gasteiger partial charge in [-0.1, -0.05) is 71.5 Å². The zero-order chi connectivity index (χ0) is 25.7. The van der Waals surface area contributed by atoms with Crippen molar-refractivity contribution in [3.63, 3.8) is 0 Å². The quantitative estimate of drug-likeness (QED) is 0.284. The van der Waals surface area contributed by atoms with Crippen LogP contribution in [0.1, 0.15) is 22.5 Å². The zero-order valence-corrected chi connectivity index (χ0v) is 21.8. The Bertz CT molecular complexity index is 1920. The molecule has 0 saturated heterocycles. The maximum atomic E-state index is 14.0. The summed E-state index contributed by atoms with van der Waals surface area (Å²) >= 11 is 7.52. The number of aromatic nitrogens is 5. The molecule has 2 aromatic carbocycles. The topological polar surface area (TPSA) is 74.7 Å². The van der Waals surface area contributed by atoms with E-state index >= 15 is 0 Å². The van der Waals surface area contributed by atoms with E-state index in [0.717, 1.165) is 21.3 Å². The van der Waals surface area contributed by atoms with Crippen LogP contribution in [-0.4, -0.2) is 23.9 Å². The molecule has 0 aliphatic rings. The van der Waals surface area contributed by atoms with Crippen LogP contribution in [0, 0.1) is 13.8 Å². The highest BCUT2D eigenvalue weighted by Gasteiger charge is 2.22. The summed E-state index contributed by atoms with van der Waals surface area (Å²) in [6, 6.07) is 22.7. The Morgan fingerprint density at radius 2 is 1.68 bits per heavy atom. The molecule has 0 aliphatic heterocycles. The number of hydrogen-bond donors (Lipinski definition) is 0. The van der Waals surface area contributed by atoms with Crippen molar-refractivity contribution in [3.8, 4) is 5.13 Å². The molecule has 0 aliphatic carbocycles. The Kier molecular flexibility index (Phi) is 5.78. The van der Waals surface area contributed by atoms with Gasteiger partial charge in [-0.2, -0.15) is 4.68 Å². The van der Waals surface area contributed by atoms with Crippen molar-refractivity contribution in [3.05, 3.63) is 121 Å². The van der Waals surface area contributed by atoms with E-state index in [1.54, 1.807) is 28.3 Å². The molecule has 184 valence electrons. The highest BCUT2D eigenvalue weighted by molar-refractivity contribution is 7.20. The lowest BCUT2D eigenvalue weighted by molar-refractivity contribution is 0.610. The number of thiazole rings is 1. The monoisotopic (exact) mass is 527 g/mol. The minimum Gasteiger partial charge on any atom is -0.306 e. The standard InChI is InChI=1S/C28H22ClN5O2S/c1-17-8-6-12-22-26(17)31-28(37-22)34-27(36)25-18(2)32(16-20-11-7-13-23(29)30-20)24(35)14-21(25)33(34)15-19-9-4-3-5-10-19/h3-14H,15-16H2,1-2H3. The fourth-order valence-corrected chi connectivity index (χ4v) is 5.94. The van der Waals surface area contributed by atoms with Gasteiger partial charge in [-0.15, -0.1) is 0 Å². The highest BCUT2D eigenvalue weighted by atomic mass is 35.5. The van der Waals surface area contributed by atoms with E-state index in [0.29, 0.717) is 39.1 Å². The number of hydrogen-bond acceptors (Lipinski definition) is 5. The van der Waals surface area contributed by atoms with Crippen LogP contribution in [0.25, 0.3) is 26.3 Å². The van der Waals surface area contributed by atoms with Gasteiger partial charge in [0.25, 0.3) is 11.1 Å². The number of benzene rings is 2. The van der Waals surface area contributed by atoms with Gasteiger partial charge in [-0.05, 0) is 43.2 Å².